The van der Waals surface area contributed by atoms with Gasteiger partial charge < -0.3 is 9.30 Å². The summed E-state index contributed by atoms with van der Waals surface area (Å²) in [6.45, 7) is 0.280. The maximum Gasteiger partial charge on any atom is 0.293 e. The molecule has 5 nitrogen and oxygen atoms in total. The van der Waals surface area contributed by atoms with Crippen molar-refractivity contribution in [2.75, 3.05) is 7.11 Å². The molecular formula is C22H18N2O3S. The van der Waals surface area contributed by atoms with Crippen LogP contribution in [-0.4, -0.2) is 27.7 Å². The lowest BCUT2D eigenvalue weighted by Crippen LogP contribution is -2.27. The van der Waals surface area contributed by atoms with Crippen LogP contribution in [0.5, 0.6) is 5.75 Å². The monoisotopic (exact) mass is 390 g/mol. The summed E-state index contributed by atoms with van der Waals surface area (Å²) in [5, 5.41) is -0.248. The number of hydrogen-bond acceptors (Lipinski definition) is 4. The van der Waals surface area contributed by atoms with Crippen molar-refractivity contribution in [2.45, 2.75) is 6.54 Å². The number of rotatable bonds is 5. The molecule has 28 heavy (non-hydrogen) atoms. The van der Waals surface area contributed by atoms with Crippen molar-refractivity contribution in [1.29, 1.82) is 0 Å². The Morgan fingerprint density at radius 2 is 1.71 bits per heavy atom. The Kier molecular flexibility index (Phi) is 5.04. The molecule has 1 saturated heterocycles. The van der Waals surface area contributed by atoms with Crippen LogP contribution < -0.4 is 4.74 Å². The first kappa shape index (κ1) is 18.1. The fraction of sp³-hybridized carbons (Fsp3) is 0.0909. The molecule has 2 aromatic carbocycles. The van der Waals surface area contributed by atoms with Gasteiger partial charge in [0.25, 0.3) is 11.1 Å². The van der Waals surface area contributed by atoms with Gasteiger partial charge in [0.2, 0.25) is 0 Å². The van der Waals surface area contributed by atoms with E-state index in [0.717, 1.165) is 34.5 Å². The van der Waals surface area contributed by atoms with Gasteiger partial charge >= 0.3 is 0 Å². The van der Waals surface area contributed by atoms with Crippen molar-refractivity contribution in [3.05, 3.63) is 89.1 Å². The summed E-state index contributed by atoms with van der Waals surface area (Å²) in [7, 11) is 1.63. The number of carbonyl (C=O) groups is 2. The van der Waals surface area contributed by atoms with Crippen LogP contribution in [-0.2, 0) is 11.3 Å². The van der Waals surface area contributed by atoms with Crippen LogP contribution in [0.1, 0.15) is 11.3 Å². The quantitative estimate of drug-likeness (QED) is 0.592. The number of benzene rings is 2. The zero-order valence-electron chi connectivity index (χ0n) is 15.2. The molecule has 6 heteroatoms. The summed E-state index contributed by atoms with van der Waals surface area (Å²) >= 11 is 0.974. The molecule has 1 aromatic heterocycles. The SMILES string of the molecule is COc1ccc(-n2cccc2/C=C2/SC(=O)N(Cc3ccccc3)C2=O)cc1. The Morgan fingerprint density at radius 3 is 2.43 bits per heavy atom. The number of hydrogen-bond donors (Lipinski definition) is 0. The van der Waals surface area contributed by atoms with E-state index in [1.54, 1.807) is 13.2 Å². The smallest absolute Gasteiger partial charge is 0.293 e. The van der Waals surface area contributed by atoms with Gasteiger partial charge in [0.1, 0.15) is 5.75 Å². The average Bonchev–Trinajstić information content (AvgIpc) is 3.29. The third-order valence-electron chi connectivity index (χ3n) is 4.47. The highest BCUT2D eigenvalue weighted by atomic mass is 32.2. The van der Waals surface area contributed by atoms with E-state index < -0.39 is 0 Å². The van der Waals surface area contributed by atoms with Gasteiger partial charge in [-0.25, -0.2) is 0 Å². The van der Waals surface area contributed by atoms with Crippen molar-refractivity contribution >= 4 is 29.0 Å². The minimum absolute atomic E-state index is 0.248. The zero-order chi connectivity index (χ0) is 19.5. The molecule has 1 fully saturated rings. The van der Waals surface area contributed by atoms with Crippen LogP contribution in [0.4, 0.5) is 4.79 Å². The first-order valence-corrected chi connectivity index (χ1v) is 9.58. The lowest BCUT2D eigenvalue weighted by molar-refractivity contribution is -0.123. The molecule has 0 spiro atoms. The van der Waals surface area contributed by atoms with E-state index in [9.17, 15) is 9.59 Å². The molecule has 1 aliphatic rings. The molecular weight excluding hydrogens is 372 g/mol. The number of ether oxygens (including phenoxy) is 1. The standard InChI is InChI=1S/C22H18N2O3S/c1-27-19-11-9-17(10-12-19)23-13-5-8-18(23)14-20-21(25)24(22(26)28-20)15-16-6-3-2-4-7-16/h2-14H,15H2,1H3/b20-14+. The van der Waals surface area contributed by atoms with E-state index >= 15 is 0 Å². The Hall–Kier alpha value is -3.25. The number of methoxy groups -OCH3 is 1. The molecule has 0 aliphatic carbocycles. The maximum atomic E-state index is 12.8. The Bertz CT molecular complexity index is 1040. The zero-order valence-corrected chi connectivity index (χ0v) is 16.1. The van der Waals surface area contributed by atoms with Crippen LogP contribution in [0.2, 0.25) is 0 Å². The van der Waals surface area contributed by atoms with Crippen molar-refractivity contribution < 1.29 is 14.3 Å². The molecule has 0 bridgehead atoms. The lowest BCUT2D eigenvalue weighted by Gasteiger charge is -2.12. The van der Waals surface area contributed by atoms with Gasteiger partial charge in [0.05, 0.1) is 18.6 Å². The van der Waals surface area contributed by atoms with Gasteiger partial charge in [0.15, 0.2) is 0 Å². The van der Waals surface area contributed by atoms with Crippen molar-refractivity contribution in [2.24, 2.45) is 0 Å². The molecule has 0 unspecified atom stereocenters. The van der Waals surface area contributed by atoms with E-state index in [0.29, 0.717) is 4.91 Å². The predicted molar refractivity (Wildman–Crippen MR) is 110 cm³/mol. The average molecular weight is 390 g/mol. The Morgan fingerprint density at radius 1 is 0.964 bits per heavy atom. The van der Waals surface area contributed by atoms with Gasteiger partial charge in [-0.05, 0) is 59.8 Å². The Labute approximate surface area is 167 Å². The highest BCUT2D eigenvalue weighted by molar-refractivity contribution is 8.18. The molecule has 0 radical (unpaired) electrons. The van der Waals surface area contributed by atoms with Crippen LogP contribution in [0.3, 0.4) is 0 Å². The topological polar surface area (TPSA) is 51.5 Å². The molecule has 140 valence electrons. The fourth-order valence-corrected chi connectivity index (χ4v) is 3.85. The van der Waals surface area contributed by atoms with Crippen LogP contribution in [0, 0.1) is 0 Å². The summed E-state index contributed by atoms with van der Waals surface area (Å²) in [5.41, 5.74) is 2.70. The van der Waals surface area contributed by atoms with Gasteiger partial charge in [-0.1, -0.05) is 30.3 Å². The molecule has 0 N–H and O–H groups in total. The summed E-state index contributed by atoms with van der Waals surface area (Å²) in [6, 6.07) is 21.0. The molecule has 0 saturated carbocycles. The van der Waals surface area contributed by atoms with E-state index in [1.165, 1.54) is 4.90 Å². The summed E-state index contributed by atoms with van der Waals surface area (Å²) in [5.74, 6) is 0.515. The molecule has 4 rings (SSSR count). The van der Waals surface area contributed by atoms with Crippen LogP contribution >= 0.6 is 11.8 Å². The second-order valence-electron chi connectivity index (χ2n) is 6.25. The third kappa shape index (κ3) is 3.59. The van der Waals surface area contributed by atoms with E-state index in [4.69, 9.17) is 4.74 Å². The maximum absolute atomic E-state index is 12.8. The number of aromatic nitrogens is 1. The number of nitrogens with zero attached hydrogens (tertiary/aromatic N) is 2. The lowest BCUT2D eigenvalue weighted by atomic mass is 10.2. The fourth-order valence-electron chi connectivity index (χ4n) is 3.03. The van der Waals surface area contributed by atoms with E-state index in [-0.39, 0.29) is 17.7 Å². The van der Waals surface area contributed by atoms with E-state index in [2.05, 4.69) is 0 Å². The second-order valence-corrected chi connectivity index (χ2v) is 7.25. The van der Waals surface area contributed by atoms with Gasteiger partial charge in [-0.15, -0.1) is 0 Å². The highest BCUT2D eigenvalue weighted by Gasteiger charge is 2.35. The number of thioether (sulfide) groups is 1. The van der Waals surface area contributed by atoms with Gasteiger partial charge in [-0.3, -0.25) is 14.5 Å². The molecule has 2 amide bonds. The first-order chi connectivity index (χ1) is 13.7. The summed E-state index contributed by atoms with van der Waals surface area (Å²) < 4.78 is 7.16. The van der Waals surface area contributed by atoms with Crippen molar-refractivity contribution in [3.63, 3.8) is 0 Å². The number of carbonyl (C=O) groups excluding carboxylic acids is 2. The predicted octanol–water partition coefficient (Wildman–Crippen LogP) is 4.72. The third-order valence-corrected chi connectivity index (χ3v) is 5.37. The van der Waals surface area contributed by atoms with E-state index in [1.807, 2.05) is 77.5 Å². The normalized spacial score (nSPS) is 15.5. The summed E-state index contributed by atoms with van der Waals surface area (Å²) in [4.78, 5) is 26.8. The van der Waals surface area contributed by atoms with Crippen LogP contribution in [0.25, 0.3) is 11.8 Å². The van der Waals surface area contributed by atoms with Gasteiger partial charge in [0, 0.05) is 17.6 Å². The largest absolute Gasteiger partial charge is 0.497 e. The minimum atomic E-state index is -0.263. The second kappa shape index (κ2) is 7.78. The van der Waals surface area contributed by atoms with Crippen molar-refractivity contribution in [1.82, 2.24) is 9.47 Å². The van der Waals surface area contributed by atoms with Gasteiger partial charge in [-0.2, -0.15) is 0 Å². The molecule has 3 aromatic rings. The molecule has 2 heterocycles. The highest BCUT2D eigenvalue weighted by Crippen LogP contribution is 2.33. The molecule has 0 atom stereocenters. The first-order valence-electron chi connectivity index (χ1n) is 8.77. The number of imide groups is 1. The summed E-state index contributed by atoms with van der Waals surface area (Å²) in [6.07, 6.45) is 3.68. The number of amides is 2. The minimum Gasteiger partial charge on any atom is -0.497 e. The Balaban J connectivity index is 1.59. The van der Waals surface area contributed by atoms with Crippen LogP contribution in [0.15, 0.2) is 77.8 Å². The molecule has 1 aliphatic heterocycles. The van der Waals surface area contributed by atoms with Crippen molar-refractivity contribution in [3.8, 4) is 11.4 Å².